The van der Waals surface area contributed by atoms with Crippen LogP contribution in [0.2, 0.25) is 0 Å². The number of hydrogen-bond acceptors (Lipinski definition) is 9. The number of nitrogens with zero attached hydrogens (tertiary/aromatic N) is 3. The van der Waals surface area contributed by atoms with Gasteiger partial charge in [0.05, 0.1) is 6.16 Å². The van der Waals surface area contributed by atoms with Crippen molar-refractivity contribution in [2.75, 3.05) is 39.3 Å². The third kappa shape index (κ3) is 22.0. The van der Waals surface area contributed by atoms with Crippen LogP contribution in [-0.2, 0) is 52.5 Å². The van der Waals surface area contributed by atoms with E-state index in [2.05, 4.69) is 38.0 Å². The van der Waals surface area contributed by atoms with Crippen LogP contribution >= 0.6 is 7.60 Å². The molecule has 0 aromatic heterocycles. The van der Waals surface area contributed by atoms with Gasteiger partial charge in [-0.1, -0.05) is 145 Å². The summed E-state index contributed by atoms with van der Waals surface area (Å²) in [6.07, 6.45) is 20.8. The summed E-state index contributed by atoms with van der Waals surface area (Å²) in [6, 6.07) is 11.4. The number of benzene rings is 2. The molecule has 0 radical (unpaired) electrons. The highest BCUT2D eigenvalue weighted by atomic mass is 31.2. The lowest BCUT2D eigenvalue weighted by atomic mass is 10.0. The molecule has 0 aliphatic carbocycles. The molecule has 3 fully saturated rings. The average Bonchev–Trinajstić information content (AvgIpc) is 3.73. The van der Waals surface area contributed by atoms with Crippen molar-refractivity contribution in [3.63, 3.8) is 0 Å². The number of hydrogen-bond donors (Lipinski definition) is 7. The van der Waals surface area contributed by atoms with Crippen LogP contribution in [0.15, 0.2) is 54.6 Å². The van der Waals surface area contributed by atoms with Crippen LogP contribution in [-0.4, -0.2) is 129 Å². The van der Waals surface area contributed by atoms with Crippen LogP contribution < -0.4 is 27.0 Å². The summed E-state index contributed by atoms with van der Waals surface area (Å²) < 4.78 is 11.7. The Bertz CT molecular complexity index is 2070. The van der Waals surface area contributed by atoms with Crippen molar-refractivity contribution in [2.45, 2.75) is 198 Å². The highest BCUT2D eigenvalue weighted by molar-refractivity contribution is 7.50. The van der Waals surface area contributed by atoms with Crippen molar-refractivity contribution in [2.24, 2.45) is 5.73 Å². The number of unbranched alkanes of at least 4 members (excludes halogenated alkanes) is 13. The van der Waals surface area contributed by atoms with E-state index in [0.29, 0.717) is 49.8 Å². The van der Waals surface area contributed by atoms with Gasteiger partial charge in [-0.3, -0.25) is 33.3 Å². The minimum absolute atomic E-state index is 0.0276. The SMILES string of the molecule is CCCCCCCCCCCCCCCCN1CCN(CCC(=O)N[C@@H](Cc2ccc(CP(=O)(O)O)cc2)C(=O)N[C@H]2CCCC3CC[C@@H](C(=O)N[C@@H](CCC(N)=O)C(=O)NCc4ccccc4)N3C2=O)CC1. The van der Waals surface area contributed by atoms with E-state index in [-0.39, 0.29) is 44.2 Å². The van der Waals surface area contributed by atoms with Gasteiger partial charge in [0.2, 0.25) is 35.4 Å². The fraction of sp³-hybridized carbons (Fsp3) is 0.673. The standard InChI is InChI=1S/C55H87N8O9P/c1-2-3-4-5-6-7-8-9-10-11-12-13-14-18-33-61-35-37-62(38-36-61)34-32-51(65)58-48(39-42-24-26-44(27-25-42)41-73(70,71)72)53(67)60-47-23-19-22-45-28-30-49(63(45)55(47)69)54(68)59-46(29-31-50(56)64)52(66)57-40-43-20-16-15-17-21-43/h15-17,20-21,24-27,45-49H,2-14,18-19,22-23,28-41H2,1H3,(H2,56,64)(H,57,66)(H,58,65)(H,59,68)(H,60,67)(H2,70,71,72)/t45?,46-,47-,48-,49-/m0/s1. The Morgan fingerprint density at radius 1 is 0.671 bits per heavy atom. The Labute approximate surface area is 434 Å². The van der Waals surface area contributed by atoms with Gasteiger partial charge in [0.25, 0.3) is 0 Å². The van der Waals surface area contributed by atoms with Crippen molar-refractivity contribution in [3.05, 3.63) is 71.3 Å². The number of nitrogens with two attached hydrogens (primary N) is 1. The minimum atomic E-state index is -4.31. The van der Waals surface area contributed by atoms with E-state index in [1.165, 1.54) is 94.8 Å². The first kappa shape index (κ1) is 59.2. The molecule has 5 atom stereocenters. The van der Waals surface area contributed by atoms with E-state index in [4.69, 9.17) is 5.73 Å². The number of primary amides is 1. The van der Waals surface area contributed by atoms with Gasteiger partial charge in [0, 0.05) is 64.6 Å². The van der Waals surface area contributed by atoms with Crippen LogP contribution in [0.1, 0.15) is 165 Å². The van der Waals surface area contributed by atoms with Gasteiger partial charge >= 0.3 is 7.60 Å². The summed E-state index contributed by atoms with van der Waals surface area (Å²) in [6.45, 7) is 7.69. The first-order valence-electron chi connectivity index (χ1n) is 27.6. The molecule has 6 amide bonds. The fourth-order valence-electron chi connectivity index (χ4n) is 10.5. The van der Waals surface area contributed by atoms with Crippen LogP contribution in [0.5, 0.6) is 0 Å². The van der Waals surface area contributed by atoms with Crippen molar-refractivity contribution < 1.29 is 43.1 Å². The van der Waals surface area contributed by atoms with Crippen molar-refractivity contribution in [1.29, 1.82) is 0 Å². The molecule has 8 N–H and O–H groups in total. The molecule has 0 spiro atoms. The van der Waals surface area contributed by atoms with Gasteiger partial charge in [-0.15, -0.1) is 0 Å². The lowest BCUT2D eigenvalue weighted by Gasteiger charge is -2.34. The van der Waals surface area contributed by atoms with Gasteiger partial charge < -0.3 is 51.5 Å². The number of piperazine rings is 1. The Morgan fingerprint density at radius 2 is 1.26 bits per heavy atom. The molecule has 3 saturated heterocycles. The van der Waals surface area contributed by atoms with Gasteiger partial charge in [-0.25, -0.2) is 0 Å². The number of rotatable bonds is 33. The Hall–Kier alpha value is -4.67. The van der Waals surface area contributed by atoms with Crippen LogP contribution in [0.4, 0.5) is 0 Å². The molecule has 1 unspecified atom stereocenters. The molecule has 2 aromatic rings. The minimum Gasteiger partial charge on any atom is -0.370 e. The molecule has 3 heterocycles. The second kappa shape index (κ2) is 31.9. The van der Waals surface area contributed by atoms with Crippen molar-refractivity contribution >= 4 is 43.0 Å². The normalized spacial score (nSPS) is 19.4. The first-order chi connectivity index (χ1) is 35.2. The zero-order chi connectivity index (χ0) is 52.4. The summed E-state index contributed by atoms with van der Waals surface area (Å²) in [5.74, 6) is -2.95. The highest BCUT2D eigenvalue weighted by Gasteiger charge is 2.45. The lowest BCUT2D eigenvalue weighted by molar-refractivity contribution is -0.143. The largest absolute Gasteiger partial charge is 0.370 e. The molecular weight excluding hydrogens is 948 g/mol. The molecule has 3 aliphatic rings. The average molecular weight is 1040 g/mol. The predicted molar refractivity (Wildman–Crippen MR) is 284 cm³/mol. The highest BCUT2D eigenvalue weighted by Crippen LogP contribution is 2.39. The van der Waals surface area contributed by atoms with E-state index >= 15 is 0 Å². The molecule has 17 nitrogen and oxygen atoms in total. The third-order valence-electron chi connectivity index (χ3n) is 14.8. The number of nitrogens with one attached hydrogen (secondary N) is 4. The summed E-state index contributed by atoms with van der Waals surface area (Å²) in [4.78, 5) is 107. The summed E-state index contributed by atoms with van der Waals surface area (Å²) in [5, 5.41) is 11.5. The molecule has 73 heavy (non-hydrogen) atoms. The molecule has 2 aromatic carbocycles. The first-order valence-corrected chi connectivity index (χ1v) is 29.4. The summed E-state index contributed by atoms with van der Waals surface area (Å²) >= 11 is 0. The van der Waals surface area contributed by atoms with Gasteiger partial charge in [-0.2, -0.15) is 0 Å². The molecule has 0 bridgehead atoms. The van der Waals surface area contributed by atoms with E-state index < -0.39 is 67.5 Å². The lowest BCUT2D eigenvalue weighted by Crippen LogP contribution is -2.58. The van der Waals surface area contributed by atoms with E-state index in [1.807, 2.05) is 30.3 Å². The molecule has 0 saturated carbocycles. The quantitative estimate of drug-likeness (QED) is 0.0324. The van der Waals surface area contributed by atoms with Gasteiger partial charge in [0.15, 0.2) is 0 Å². The number of carbonyl (C=O) groups excluding carboxylic acids is 6. The second-order valence-electron chi connectivity index (χ2n) is 20.7. The fourth-order valence-corrected chi connectivity index (χ4v) is 11.2. The summed E-state index contributed by atoms with van der Waals surface area (Å²) in [7, 11) is -4.31. The maximum absolute atomic E-state index is 14.4. The number of amides is 6. The van der Waals surface area contributed by atoms with Crippen molar-refractivity contribution in [1.82, 2.24) is 36.0 Å². The second-order valence-corrected chi connectivity index (χ2v) is 22.4. The van der Waals surface area contributed by atoms with E-state index in [9.17, 15) is 43.1 Å². The zero-order valence-corrected chi connectivity index (χ0v) is 44.5. The molecule has 3 aliphatic heterocycles. The monoisotopic (exact) mass is 1030 g/mol. The Morgan fingerprint density at radius 3 is 1.86 bits per heavy atom. The molecule has 18 heteroatoms. The Kier molecular flexibility index (Phi) is 25.9. The topological polar surface area (TPSA) is 244 Å². The van der Waals surface area contributed by atoms with Crippen LogP contribution in [0, 0.1) is 0 Å². The molecule has 406 valence electrons. The van der Waals surface area contributed by atoms with Crippen molar-refractivity contribution in [3.8, 4) is 0 Å². The molecular formula is C55H87N8O9P. The third-order valence-corrected chi connectivity index (χ3v) is 15.6. The van der Waals surface area contributed by atoms with E-state index in [0.717, 1.165) is 38.3 Å². The maximum atomic E-state index is 14.4. The summed E-state index contributed by atoms with van der Waals surface area (Å²) in [5.41, 5.74) is 7.35. The van der Waals surface area contributed by atoms with E-state index in [1.54, 1.807) is 24.3 Å². The number of fused-ring (bicyclic) bond motifs is 1. The molecule has 5 rings (SSSR count). The predicted octanol–water partition coefficient (Wildman–Crippen LogP) is 5.98. The zero-order valence-electron chi connectivity index (χ0n) is 43.6. The number of carbonyl (C=O) groups is 6. The van der Waals surface area contributed by atoms with Gasteiger partial charge in [-0.05, 0) is 68.2 Å². The maximum Gasteiger partial charge on any atom is 0.329 e. The Balaban J connectivity index is 1.11. The van der Waals surface area contributed by atoms with Crippen LogP contribution in [0.3, 0.4) is 0 Å². The van der Waals surface area contributed by atoms with Crippen LogP contribution in [0.25, 0.3) is 0 Å². The van der Waals surface area contributed by atoms with Gasteiger partial charge in [0.1, 0.15) is 24.2 Å². The smallest absolute Gasteiger partial charge is 0.329 e.